The number of benzene rings is 2. The molecule has 0 spiro atoms. The van der Waals surface area contributed by atoms with Gasteiger partial charge < -0.3 is 18.6 Å². The molecule has 0 fully saturated rings. The summed E-state index contributed by atoms with van der Waals surface area (Å²) in [5, 5.41) is 0. The summed E-state index contributed by atoms with van der Waals surface area (Å²) in [6.07, 6.45) is 0.0186. The van der Waals surface area contributed by atoms with Crippen molar-refractivity contribution in [1.82, 2.24) is 0 Å². The topological polar surface area (TPSA) is 54.0 Å². The fourth-order valence-electron chi connectivity index (χ4n) is 4.63. The summed E-state index contributed by atoms with van der Waals surface area (Å²) in [5.41, 5.74) is 2.27. The predicted molar refractivity (Wildman–Crippen MR) is 139 cm³/mol. The first-order chi connectivity index (χ1) is 15.6. The summed E-state index contributed by atoms with van der Waals surface area (Å²) < 4.78 is 25.2. The van der Waals surface area contributed by atoms with Crippen molar-refractivity contribution in [3.8, 4) is 17.2 Å². The number of rotatable bonds is 13. The van der Waals surface area contributed by atoms with Crippen molar-refractivity contribution < 1.29 is 23.4 Å². The average molecular weight is 538 g/mol. The smallest absolute Gasteiger partial charge is 0.204 e. The SMILES string of the molecule is COc1cc(Br)cc(OCc2ccccc2)c1O[C@H](C=O)CO[Si](C(C)C)(C(C)C)C(C)C. The minimum Gasteiger partial charge on any atom is -0.493 e. The maximum absolute atomic E-state index is 12.0. The zero-order valence-corrected chi connectivity index (χ0v) is 23.3. The Morgan fingerprint density at radius 2 is 1.52 bits per heavy atom. The molecule has 0 bridgehead atoms. The second-order valence-corrected chi connectivity index (χ2v) is 15.5. The summed E-state index contributed by atoms with van der Waals surface area (Å²) in [7, 11) is -0.571. The van der Waals surface area contributed by atoms with Crippen LogP contribution in [-0.2, 0) is 15.8 Å². The molecule has 1 atom stereocenters. The van der Waals surface area contributed by atoms with Gasteiger partial charge in [-0.05, 0) is 34.3 Å². The van der Waals surface area contributed by atoms with Crippen LogP contribution in [0, 0.1) is 0 Å². The van der Waals surface area contributed by atoms with Gasteiger partial charge in [-0.25, -0.2) is 0 Å². The molecule has 0 heterocycles. The monoisotopic (exact) mass is 536 g/mol. The molecule has 0 aliphatic carbocycles. The summed E-state index contributed by atoms with van der Waals surface area (Å²) in [5.74, 6) is 1.37. The van der Waals surface area contributed by atoms with Crippen molar-refractivity contribution in [3.05, 3.63) is 52.5 Å². The number of methoxy groups -OCH3 is 1. The summed E-state index contributed by atoms with van der Waals surface area (Å²) in [4.78, 5) is 12.0. The molecule has 5 nitrogen and oxygen atoms in total. The predicted octanol–water partition coefficient (Wildman–Crippen LogP) is 7.18. The largest absolute Gasteiger partial charge is 0.493 e. The highest BCUT2D eigenvalue weighted by Gasteiger charge is 2.45. The molecule has 2 aromatic rings. The summed E-state index contributed by atoms with van der Waals surface area (Å²) in [6.45, 7) is 13.9. The minimum absolute atomic E-state index is 0.196. The van der Waals surface area contributed by atoms with Crippen LogP contribution in [0.1, 0.15) is 47.1 Å². The van der Waals surface area contributed by atoms with Crippen LogP contribution < -0.4 is 14.2 Å². The van der Waals surface area contributed by atoms with Crippen molar-refractivity contribution in [2.24, 2.45) is 0 Å². The zero-order valence-electron chi connectivity index (χ0n) is 20.8. The van der Waals surface area contributed by atoms with E-state index in [-0.39, 0.29) is 6.61 Å². The van der Waals surface area contributed by atoms with Crippen molar-refractivity contribution in [2.45, 2.75) is 70.9 Å². The molecular formula is C26H37BrO5Si. The Balaban J connectivity index is 2.27. The van der Waals surface area contributed by atoms with Gasteiger partial charge in [0.1, 0.15) is 6.61 Å². The number of hydrogen-bond donors (Lipinski definition) is 0. The van der Waals surface area contributed by atoms with Crippen molar-refractivity contribution >= 4 is 30.5 Å². The fourth-order valence-corrected chi connectivity index (χ4v) is 10.5. The van der Waals surface area contributed by atoms with Crippen molar-refractivity contribution in [2.75, 3.05) is 13.7 Å². The van der Waals surface area contributed by atoms with Gasteiger partial charge >= 0.3 is 0 Å². The molecule has 0 aromatic heterocycles. The van der Waals surface area contributed by atoms with Gasteiger partial charge in [0.15, 0.2) is 23.9 Å². The van der Waals surface area contributed by atoms with Crippen LogP contribution in [0.25, 0.3) is 0 Å². The van der Waals surface area contributed by atoms with Crippen LogP contribution in [0.2, 0.25) is 16.6 Å². The lowest BCUT2D eigenvalue weighted by molar-refractivity contribution is -0.115. The van der Waals surface area contributed by atoms with Gasteiger partial charge in [0, 0.05) is 4.47 Å². The van der Waals surface area contributed by atoms with E-state index in [1.807, 2.05) is 36.4 Å². The molecule has 0 aliphatic rings. The maximum atomic E-state index is 12.0. The molecule has 2 rings (SSSR count). The molecule has 0 aliphatic heterocycles. The minimum atomic E-state index is -2.14. The fraction of sp³-hybridized carbons (Fsp3) is 0.500. The molecule has 0 saturated carbocycles. The second kappa shape index (κ2) is 12.6. The average Bonchev–Trinajstić information content (AvgIpc) is 2.77. The van der Waals surface area contributed by atoms with E-state index in [4.69, 9.17) is 18.6 Å². The Morgan fingerprint density at radius 3 is 2.03 bits per heavy atom. The zero-order chi connectivity index (χ0) is 24.6. The molecule has 2 aromatic carbocycles. The Kier molecular flexibility index (Phi) is 10.4. The summed E-state index contributed by atoms with van der Waals surface area (Å²) >= 11 is 3.50. The van der Waals surface area contributed by atoms with Gasteiger partial charge in [-0.2, -0.15) is 0 Å². The lowest BCUT2D eigenvalue weighted by atomic mass is 10.2. The van der Waals surface area contributed by atoms with E-state index < -0.39 is 14.4 Å². The number of aldehydes is 1. The van der Waals surface area contributed by atoms with E-state index in [0.717, 1.165) is 16.3 Å². The highest BCUT2D eigenvalue weighted by Crippen LogP contribution is 2.43. The normalized spacial score (nSPS) is 12.8. The van der Waals surface area contributed by atoms with E-state index >= 15 is 0 Å². The van der Waals surface area contributed by atoms with Gasteiger partial charge in [0.05, 0.1) is 13.7 Å². The quantitative estimate of drug-likeness (QED) is 0.200. The third-order valence-corrected chi connectivity index (χ3v) is 12.6. The Labute approximate surface area is 208 Å². The van der Waals surface area contributed by atoms with E-state index in [1.54, 1.807) is 13.2 Å². The van der Waals surface area contributed by atoms with Crippen LogP contribution >= 0.6 is 15.9 Å². The van der Waals surface area contributed by atoms with Crippen LogP contribution in [0.3, 0.4) is 0 Å². The third-order valence-electron chi connectivity index (χ3n) is 6.07. The summed E-state index contributed by atoms with van der Waals surface area (Å²) in [6, 6.07) is 13.5. The van der Waals surface area contributed by atoms with Crippen molar-refractivity contribution in [3.63, 3.8) is 0 Å². The molecular weight excluding hydrogens is 500 g/mol. The molecule has 182 valence electrons. The number of carbonyl (C=O) groups excluding carboxylic acids is 1. The first kappa shape index (κ1) is 27.4. The molecule has 33 heavy (non-hydrogen) atoms. The van der Waals surface area contributed by atoms with E-state index in [0.29, 0.717) is 40.5 Å². The van der Waals surface area contributed by atoms with E-state index in [9.17, 15) is 4.79 Å². The van der Waals surface area contributed by atoms with Gasteiger partial charge in [0.25, 0.3) is 0 Å². The lowest BCUT2D eigenvalue weighted by Gasteiger charge is -2.42. The molecule has 0 unspecified atom stereocenters. The number of ether oxygens (including phenoxy) is 3. The van der Waals surface area contributed by atoms with Gasteiger partial charge in [-0.1, -0.05) is 87.8 Å². The molecule has 0 saturated heterocycles. The molecule has 7 heteroatoms. The second-order valence-electron chi connectivity index (χ2n) is 9.13. The number of carbonyl (C=O) groups is 1. The van der Waals surface area contributed by atoms with Gasteiger partial charge in [0.2, 0.25) is 14.1 Å². The maximum Gasteiger partial charge on any atom is 0.204 e. The number of halogens is 1. The van der Waals surface area contributed by atoms with Crippen LogP contribution in [0.4, 0.5) is 0 Å². The van der Waals surface area contributed by atoms with E-state index in [1.165, 1.54) is 0 Å². The van der Waals surface area contributed by atoms with Crippen LogP contribution in [0.5, 0.6) is 17.2 Å². The standard InChI is InChI=1S/C26H37BrO5Si/c1-18(2)33(19(3)4,20(5)6)31-17-23(15-28)32-26-24(29-7)13-22(27)14-25(26)30-16-21-11-9-8-10-12-21/h8-15,18-20,23H,16-17H2,1-7H3/t23-/m1/s1. The first-order valence-corrected chi connectivity index (χ1v) is 14.4. The highest BCUT2D eigenvalue weighted by atomic mass is 79.9. The van der Waals surface area contributed by atoms with Crippen molar-refractivity contribution in [1.29, 1.82) is 0 Å². The third kappa shape index (κ3) is 6.84. The van der Waals surface area contributed by atoms with Crippen LogP contribution in [-0.4, -0.2) is 34.4 Å². The molecule has 0 N–H and O–H groups in total. The highest BCUT2D eigenvalue weighted by molar-refractivity contribution is 9.10. The molecule has 0 amide bonds. The first-order valence-electron chi connectivity index (χ1n) is 11.5. The van der Waals surface area contributed by atoms with E-state index in [2.05, 4.69) is 57.5 Å². The number of hydrogen-bond acceptors (Lipinski definition) is 5. The van der Waals surface area contributed by atoms with Gasteiger partial charge in [-0.3, -0.25) is 4.79 Å². The Bertz CT molecular complexity index is 864. The Morgan fingerprint density at radius 1 is 0.939 bits per heavy atom. The van der Waals surface area contributed by atoms with Gasteiger partial charge in [-0.15, -0.1) is 0 Å². The molecule has 0 radical (unpaired) electrons. The van der Waals surface area contributed by atoms with Crippen LogP contribution in [0.15, 0.2) is 46.9 Å². The lowest BCUT2D eigenvalue weighted by Crippen LogP contribution is -2.49. The Hall–Kier alpha value is -1.83.